The molecule has 144 valence electrons. The monoisotopic (exact) mass is 341 g/mol. The normalized spacial score (nSPS) is 10.9. The average molecular weight is 342 g/mol. The fourth-order valence-electron chi connectivity index (χ4n) is 3.03. The van der Waals surface area contributed by atoms with Crippen molar-refractivity contribution in [3.63, 3.8) is 0 Å². The largest absolute Gasteiger partial charge is 0.466 e. The van der Waals surface area contributed by atoms with Crippen LogP contribution in [0.3, 0.4) is 0 Å². The molecule has 0 amide bonds. The van der Waals surface area contributed by atoms with Crippen molar-refractivity contribution >= 4 is 5.97 Å². The number of hydrogen-bond acceptors (Lipinski definition) is 3. The van der Waals surface area contributed by atoms with Crippen molar-refractivity contribution in [2.75, 3.05) is 13.2 Å². The number of carbonyl (C=O) groups excluding carboxylic acids is 1. The minimum absolute atomic E-state index is 0.154. The van der Waals surface area contributed by atoms with Crippen LogP contribution >= 0.6 is 0 Å². The summed E-state index contributed by atoms with van der Waals surface area (Å²) >= 11 is 0. The van der Waals surface area contributed by atoms with Gasteiger partial charge in [-0.15, -0.1) is 0 Å². The Labute approximate surface area is 151 Å². The van der Waals surface area contributed by atoms with Gasteiger partial charge in [0.25, 0.3) is 0 Å². The molecule has 24 heavy (non-hydrogen) atoms. The zero-order chi connectivity index (χ0) is 17.7. The van der Waals surface area contributed by atoms with Crippen LogP contribution in [0.25, 0.3) is 0 Å². The Morgan fingerprint density at radius 1 is 0.667 bits per heavy atom. The van der Waals surface area contributed by atoms with Gasteiger partial charge >= 0.3 is 5.97 Å². The van der Waals surface area contributed by atoms with E-state index < -0.39 is 0 Å². The second-order valence-electron chi connectivity index (χ2n) is 7.06. The van der Waals surface area contributed by atoms with Gasteiger partial charge in [-0.3, -0.25) is 4.79 Å². The van der Waals surface area contributed by atoms with Gasteiger partial charge in [-0.2, -0.15) is 0 Å². The Bertz CT molecular complexity index is 256. The zero-order valence-electron chi connectivity index (χ0n) is 16.3. The van der Waals surface area contributed by atoms with E-state index in [0.717, 1.165) is 6.42 Å². The summed E-state index contributed by atoms with van der Waals surface area (Å²) in [5.74, 6) is -0.154. The zero-order valence-corrected chi connectivity index (χ0v) is 16.3. The summed E-state index contributed by atoms with van der Waals surface area (Å²) in [5, 5.41) is 0. The minimum Gasteiger partial charge on any atom is -0.466 e. The van der Waals surface area contributed by atoms with E-state index in [4.69, 9.17) is 10.5 Å². The summed E-state index contributed by atoms with van der Waals surface area (Å²) in [4.78, 5) is 11.1. The fourth-order valence-corrected chi connectivity index (χ4v) is 3.03. The topological polar surface area (TPSA) is 52.3 Å². The molecule has 0 bridgehead atoms. The van der Waals surface area contributed by atoms with Gasteiger partial charge in [0.2, 0.25) is 0 Å². The van der Waals surface area contributed by atoms with Crippen LogP contribution in [0.1, 0.15) is 116 Å². The highest BCUT2D eigenvalue weighted by atomic mass is 16.5. The highest BCUT2D eigenvalue weighted by Crippen LogP contribution is 2.13. The number of esters is 1. The van der Waals surface area contributed by atoms with Crippen LogP contribution < -0.4 is 5.73 Å². The predicted octanol–water partition coefficient (Wildman–Crippen LogP) is 6.14. The first kappa shape index (κ1) is 23.4. The lowest BCUT2D eigenvalue weighted by atomic mass is 10.0. The third-order valence-electron chi connectivity index (χ3n) is 4.61. The molecule has 0 aromatic rings. The van der Waals surface area contributed by atoms with Gasteiger partial charge in [0.1, 0.15) is 0 Å². The van der Waals surface area contributed by atoms with Crippen LogP contribution in [-0.4, -0.2) is 19.1 Å². The van der Waals surface area contributed by atoms with Crippen LogP contribution in [0, 0.1) is 0 Å². The second kappa shape index (κ2) is 20.5. The lowest BCUT2D eigenvalue weighted by Gasteiger charge is -2.04. The molecule has 0 heterocycles. The SMILES string of the molecule is CCCCCCCCCCCCCCCCCCOC(=O)CCN. The second-order valence-corrected chi connectivity index (χ2v) is 7.06. The molecular weight excluding hydrogens is 298 g/mol. The molecule has 0 saturated heterocycles. The number of unbranched alkanes of at least 4 members (excludes halogenated alkanes) is 15. The van der Waals surface area contributed by atoms with Crippen molar-refractivity contribution < 1.29 is 9.53 Å². The molecule has 0 rings (SSSR count). The highest BCUT2D eigenvalue weighted by Gasteiger charge is 2.00. The van der Waals surface area contributed by atoms with E-state index in [1.165, 1.54) is 96.3 Å². The molecule has 3 heteroatoms. The number of carbonyl (C=O) groups is 1. The van der Waals surface area contributed by atoms with Gasteiger partial charge in [0, 0.05) is 6.54 Å². The molecule has 0 fully saturated rings. The smallest absolute Gasteiger partial charge is 0.307 e. The Balaban J connectivity index is 3.01. The minimum atomic E-state index is -0.154. The first-order chi connectivity index (χ1) is 11.8. The van der Waals surface area contributed by atoms with Crippen molar-refractivity contribution in [2.24, 2.45) is 5.73 Å². The van der Waals surface area contributed by atoms with E-state index in [0.29, 0.717) is 19.6 Å². The molecule has 0 saturated carbocycles. The van der Waals surface area contributed by atoms with Crippen molar-refractivity contribution in [2.45, 2.75) is 116 Å². The van der Waals surface area contributed by atoms with Crippen LogP contribution in [0.5, 0.6) is 0 Å². The van der Waals surface area contributed by atoms with Crippen molar-refractivity contribution in [3.8, 4) is 0 Å². The highest BCUT2D eigenvalue weighted by molar-refractivity contribution is 5.69. The van der Waals surface area contributed by atoms with Crippen molar-refractivity contribution in [3.05, 3.63) is 0 Å². The first-order valence-corrected chi connectivity index (χ1v) is 10.7. The van der Waals surface area contributed by atoms with E-state index in [-0.39, 0.29) is 5.97 Å². The van der Waals surface area contributed by atoms with Crippen LogP contribution in [0.4, 0.5) is 0 Å². The van der Waals surface area contributed by atoms with E-state index >= 15 is 0 Å². The molecule has 0 spiro atoms. The summed E-state index contributed by atoms with van der Waals surface area (Å²) in [7, 11) is 0. The van der Waals surface area contributed by atoms with Crippen LogP contribution in [-0.2, 0) is 9.53 Å². The molecule has 2 N–H and O–H groups in total. The molecular formula is C21H43NO2. The molecule has 0 atom stereocenters. The number of rotatable bonds is 19. The fraction of sp³-hybridized carbons (Fsp3) is 0.952. The quantitative estimate of drug-likeness (QED) is 0.227. The van der Waals surface area contributed by atoms with Crippen molar-refractivity contribution in [1.82, 2.24) is 0 Å². The molecule has 0 aliphatic heterocycles. The molecule has 0 aromatic heterocycles. The maximum absolute atomic E-state index is 11.1. The third kappa shape index (κ3) is 19.5. The first-order valence-electron chi connectivity index (χ1n) is 10.7. The average Bonchev–Trinajstić information content (AvgIpc) is 2.58. The summed E-state index contributed by atoms with van der Waals surface area (Å²) in [5.41, 5.74) is 5.29. The maximum atomic E-state index is 11.1. The van der Waals surface area contributed by atoms with E-state index in [1.54, 1.807) is 0 Å². The summed E-state index contributed by atoms with van der Waals surface area (Å²) in [6.07, 6.45) is 22.1. The Morgan fingerprint density at radius 3 is 1.42 bits per heavy atom. The standard InChI is InChI=1S/C21H43NO2/c1-2-3-4-5-6-7-8-9-10-11-12-13-14-15-16-17-20-24-21(23)18-19-22/h2-20,22H2,1H3. The predicted molar refractivity (Wildman–Crippen MR) is 104 cm³/mol. The van der Waals surface area contributed by atoms with E-state index in [1.807, 2.05) is 0 Å². The summed E-state index contributed by atoms with van der Waals surface area (Å²) in [6, 6.07) is 0. The third-order valence-corrected chi connectivity index (χ3v) is 4.61. The number of nitrogens with two attached hydrogens (primary N) is 1. The van der Waals surface area contributed by atoms with Gasteiger partial charge in [-0.05, 0) is 6.42 Å². The number of hydrogen-bond donors (Lipinski definition) is 1. The Morgan fingerprint density at radius 2 is 1.04 bits per heavy atom. The molecule has 0 unspecified atom stereocenters. The molecule has 0 aromatic carbocycles. The number of ether oxygens (including phenoxy) is 1. The molecule has 0 radical (unpaired) electrons. The van der Waals surface area contributed by atoms with E-state index in [2.05, 4.69) is 6.92 Å². The van der Waals surface area contributed by atoms with Gasteiger partial charge in [0.15, 0.2) is 0 Å². The van der Waals surface area contributed by atoms with E-state index in [9.17, 15) is 4.79 Å². The lowest BCUT2D eigenvalue weighted by molar-refractivity contribution is -0.143. The van der Waals surface area contributed by atoms with Gasteiger partial charge in [0.05, 0.1) is 13.0 Å². The molecule has 0 aliphatic carbocycles. The molecule has 3 nitrogen and oxygen atoms in total. The Kier molecular flexibility index (Phi) is 20.0. The van der Waals surface area contributed by atoms with Gasteiger partial charge in [-0.25, -0.2) is 0 Å². The lowest BCUT2D eigenvalue weighted by Crippen LogP contribution is -2.11. The van der Waals surface area contributed by atoms with Crippen LogP contribution in [0.15, 0.2) is 0 Å². The summed E-state index contributed by atoms with van der Waals surface area (Å²) in [6.45, 7) is 3.23. The van der Waals surface area contributed by atoms with Gasteiger partial charge < -0.3 is 10.5 Å². The van der Waals surface area contributed by atoms with Crippen molar-refractivity contribution in [1.29, 1.82) is 0 Å². The van der Waals surface area contributed by atoms with Crippen LogP contribution in [0.2, 0.25) is 0 Å². The molecule has 0 aliphatic rings. The summed E-state index contributed by atoms with van der Waals surface area (Å²) < 4.78 is 5.08. The van der Waals surface area contributed by atoms with Gasteiger partial charge in [-0.1, -0.05) is 103 Å². The Hall–Kier alpha value is -0.570. The maximum Gasteiger partial charge on any atom is 0.307 e.